The predicted octanol–water partition coefficient (Wildman–Crippen LogP) is 5.02. The summed E-state index contributed by atoms with van der Waals surface area (Å²) in [6, 6.07) is 17.3. The Labute approximate surface area is 239 Å². The van der Waals surface area contributed by atoms with Crippen molar-refractivity contribution in [1.29, 1.82) is 0 Å². The summed E-state index contributed by atoms with van der Waals surface area (Å²) in [7, 11) is 4.89. The third-order valence-electron chi connectivity index (χ3n) is 7.27. The maximum absolute atomic E-state index is 13.3. The monoisotopic (exact) mass is 560 g/mol. The Bertz CT molecular complexity index is 1430. The first-order chi connectivity index (χ1) is 19.7. The molecule has 3 aromatic carbocycles. The summed E-state index contributed by atoms with van der Waals surface area (Å²) in [4.78, 5) is 40.9. The Kier molecular flexibility index (Phi) is 9.34. The number of benzene rings is 3. The number of rotatable bonds is 10. The average molecular weight is 561 g/mol. The molecule has 1 saturated heterocycles. The molecular weight excluding hydrogens is 524 g/mol. The highest BCUT2D eigenvalue weighted by atomic mass is 16.5. The zero-order valence-corrected chi connectivity index (χ0v) is 23.8. The standard InChI is InChI=1S/C31H36N4O6/c1-20-8-5-6-10-27(20)34(3)31(39)33-25-14-11-21(16-28(25)40-4)17-29(36)35-15-7-9-22(35)19-41-23-12-13-24(30(37)38)26(18-23)32-2/h5-6,8,10-14,16,18,22,32H,7,9,15,17,19H2,1-4H3,(H,33,39)(H,37,38). The van der Waals surface area contributed by atoms with Gasteiger partial charge in [0.2, 0.25) is 5.91 Å². The van der Waals surface area contributed by atoms with Gasteiger partial charge in [0.1, 0.15) is 18.1 Å². The van der Waals surface area contributed by atoms with Crippen molar-refractivity contribution in [3.63, 3.8) is 0 Å². The van der Waals surface area contributed by atoms with Crippen LogP contribution in [-0.2, 0) is 11.2 Å². The molecule has 216 valence electrons. The van der Waals surface area contributed by atoms with Crippen LogP contribution in [0, 0.1) is 6.92 Å². The zero-order chi connectivity index (χ0) is 29.5. The molecule has 0 saturated carbocycles. The number of carbonyl (C=O) groups excluding carboxylic acids is 2. The van der Waals surface area contributed by atoms with E-state index < -0.39 is 5.97 Å². The number of aromatic carboxylic acids is 1. The lowest BCUT2D eigenvalue weighted by molar-refractivity contribution is -0.131. The summed E-state index contributed by atoms with van der Waals surface area (Å²) in [6.07, 6.45) is 1.88. The van der Waals surface area contributed by atoms with Gasteiger partial charge in [0.25, 0.3) is 0 Å². The molecule has 10 heteroatoms. The molecule has 1 fully saturated rings. The Morgan fingerprint density at radius 1 is 1.07 bits per heavy atom. The van der Waals surface area contributed by atoms with E-state index in [9.17, 15) is 19.5 Å². The summed E-state index contributed by atoms with van der Waals surface area (Å²) >= 11 is 0. The number of carbonyl (C=O) groups is 3. The summed E-state index contributed by atoms with van der Waals surface area (Å²) in [5.74, 6) is -0.0381. The highest BCUT2D eigenvalue weighted by Crippen LogP contribution is 2.29. The zero-order valence-electron chi connectivity index (χ0n) is 23.8. The quantitative estimate of drug-likeness (QED) is 0.318. The van der Waals surface area contributed by atoms with Gasteiger partial charge in [-0.05, 0) is 61.2 Å². The van der Waals surface area contributed by atoms with Crippen molar-refractivity contribution in [2.45, 2.75) is 32.2 Å². The van der Waals surface area contributed by atoms with Gasteiger partial charge in [0.15, 0.2) is 0 Å². The molecular formula is C31H36N4O6. The van der Waals surface area contributed by atoms with Gasteiger partial charge in [-0.1, -0.05) is 24.3 Å². The predicted molar refractivity (Wildman–Crippen MR) is 158 cm³/mol. The topological polar surface area (TPSA) is 120 Å². The fourth-order valence-corrected chi connectivity index (χ4v) is 5.01. The summed E-state index contributed by atoms with van der Waals surface area (Å²) in [5.41, 5.74) is 3.69. The number of nitrogens with zero attached hydrogens (tertiary/aromatic N) is 2. The summed E-state index contributed by atoms with van der Waals surface area (Å²) in [6.45, 7) is 2.90. The minimum Gasteiger partial charge on any atom is -0.495 e. The molecule has 3 aromatic rings. The third kappa shape index (κ3) is 6.89. The molecule has 1 atom stereocenters. The second-order valence-electron chi connectivity index (χ2n) is 9.94. The highest BCUT2D eigenvalue weighted by molar-refractivity contribution is 6.02. The normalized spacial score (nSPS) is 14.3. The van der Waals surface area contributed by atoms with Crippen LogP contribution in [0.25, 0.3) is 0 Å². The van der Waals surface area contributed by atoms with Crippen LogP contribution >= 0.6 is 0 Å². The largest absolute Gasteiger partial charge is 0.495 e. The van der Waals surface area contributed by atoms with E-state index in [2.05, 4.69) is 10.6 Å². The van der Waals surface area contributed by atoms with Gasteiger partial charge < -0.3 is 30.1 Å². The number of amides is 3. The number of methoxy groups -OCH3 is 1. The van der Waals surface area contributed by atoms with Crippen LogP contribution in [0.5, 0.6) is 11.5 Å². The first-order valence-corrected chi connectivity index (χ1v) is 13.5. The van der Waals surface area contributed by atoms with Crippen molar-refractivity contribution in [1.82, 2.24) is 4.90 Å². The molecule has 3 N–H and O–H groups in total. The van der Waals surface area contributed by atoms with Crippen LogP contribution in [0.2, 0.25) is 0 Å². The van der Waals surface area contributed by atoms with Crippen molar-refractivity contribution in [3.8, 4) is 11.5 Å². The van der Waals surface area contributed by atoms with Crippen molar-refractivity contribution < 1.29 is 29.0 Å². The molecule has 3 amide bonds. The maximum atomic E-state index is 13.3. The van der Waals surface area contributed by atoms with E-state index in [-0.39, 0.29) is 30.0 Å². The summed E-state index contributed by atoms with van der Waals surface area (Å²) in [5, 5.41) is 15.1. The number of aryl methyl sites for hydroxylation is 1. The number of nitrogens with one attached hydrogen (secondary N) is 2. The van der Waals surface area contributed by atoms with Crippen LogP contribution in [0.4, 0.5) is 21.9 Å². The van der Waals surface area contributed by atoms with Crippen LogP contribution in [0.1, 0.15) is 34.3 Å². The molecule has 1 unspecified atom stereocenters. The van der Waals surface area contributed by atoms with Gasteiger partial charge in [-0.2, -0.15) is 0 Å². The molecule has 4 rings (SSSR count). The van der Waals surface area contributed by atoms with Crippen LogP contribution in [-0.4, -0.2) is 68.3 Å². The number of carboxylic acids is 1. The van der Waals surface area contributed by atoms with E-state index in [0.29, 0.717) is 36.0 Å². The third-order valence-corrected chi connectivity index (χ3v) is 7.27. The first kappa shape index (κ1) is 29.3. The molecule has 1 aliphatic rings. The van der Waals surface area contributed by atoms with Gasteiger partial charge in [0, 0.05) is 32.4 Å². The Morgan fingerprint density at radius 2 is 1.85 bits per heavy atom. The van der Waals surface area contributed by atoms with E-state index >= 15 is 0 Å². The van der Waals surface area contributed by atoms with E-state index in [1.54, 1.807) is 43.3 Å². The van der Waals surface area contributed by atoms with Gasteiger partial charge in [-0.15, -0.1) is 0 Å². The highest BCUT2D eigenvalue weighted by Gasteiger charge is 2.29. The smallest absolute Gasteiger partial charge is 0.337 e. The van der Waals surface area contributed by atoms with Gasteiger partial charge in [-0.3, -0.25) is 9.69 Å². The lowest BCUT2D eigenvalue weighted by atomic mass is 10.1. The Hall–Kier alpha value is -4.73. The van der Waals surface area contributed by atoms with E-state index in [1.165, 1.54) is 13.2 Å². The van der Waals surface area contributed by atoms with Gasteiger partial charge in [-0.25, -0.2) is 9.59 Å². The molecule has 0 aliphatic carbocycles. The average Bonchev–Trinajstić information content (AvgIpc) is 3.45. The van der Waals surface area contributed by atoms with E-state index in [0.717, 1.165) is 29.7 Å². The van der Waals surface area contributed by atoms with Crippen molar-refractivity contribution in [2.24, 2.45) is 0 Å². The molecule has 0 bridgehead atoms. The maximum Gasteiger partial charge on any atom is 0.337 e. The molecule has 10 nitrogen and oxygen atoms in total. The number of urea groups is 1. The molecule has 0 spiro atoms. The van der Waals surface area contributed by atoms with Crippen LogP contribution < -0.4 is 25.0 Å². The molecule has 41 heavy (non-hydrogen) atoms. The molecule has 0 radical (unpaired) electrons. The fraction of sp³-hybridized carbons (Fsp3) is 0.323. The Morgan fingerprint density at radius 3 is 2.56 bits per heavy atom. The van der Waals surface area contributed by atoms with E-state index in [4.69, 9.17) is 9.47 Å². The van der Waals surface area contributed by atoms with Crippen molar-refractivity contribution in [3.05, 3.63) is 77.4 Å². The Balaban J connectivity index is 1.38. The first-order valence-electron chi connectivity index (χ1n) is 13.5. The lowest BCUT2D eigenvalue weighted by Crippen LogP contribution is -2.39. The SMILES string of the molecule is CNc1cc(OCC2CCCN2C(=O)Cc2ccc(NC(=O)N(C)c3ccccc3C)c(OC)c2)ccc1C(=O)O. The number of hydrogen-bond acceptors (Lipinski definition) is 6. The number of para-hydroxylation sites is 1. The number of likely N-dealkylation sites (tertiary alicyclic amines) is 1. The molecule has 1 heterocycles. The molecule has 1 aliphatic heterocycles. The summed E-state index contributed by atoms with van der Waals surface area (Å²) < 4.78 is 11.5. The van der Waals surface area contributed by atoms with Gasteiger partial charge >= 0.3 is 12.0 Å². The van der Waals surface area contributed by atoms with Crippen molar-refractivity contribution in [2.75, 3.05) is 49.9 Å². The van der Waals surface area contributed by atoms with Crippen LogP contribution in [0.3, 0.4) is 0 Å². The number of ether oxygens (including phenoxy) is 2. The fourth-order valence-electron chi connectivity index (χ4n) is 5.01. The van der Waals surface area contributed by atoms with E-state index in [1.807, 2.05) is 42.2 Å². The lowest BCUT2D eigenvalue weighted by Gasteiger charge is -2.25. The number of carboxylic acid groups (broad SMARTS) is 1. The van der Waals surface area contributed by atoms with Gasteiger partial charge in [0.05, 0.1) is 36.5 Å². The number of anilines is 3. The minimum absolute atomic E-state index is 0.0219. The number of hydrogen-bond donors (Lipinski definition) is 3. The second-order valence-corrected chi connectivity index (χ2v) is 9.94. The second kappa shape index (κ2) is 13.1. The molecule has 0 aromatic heterocycles. The van der Waals surface area contributed by atoms with Crippen molar-refractivity contribution >= 4 is 35.0 Å². The van der Waals surface area contributed by atoms with Crippen LogP contribution in [0.15, 0.2) is 60.7 Å². The minimum atomic E-state index is -1.02.